The first-order chi connectivity index (χ1) is 13.3. The Kier molecular flexibility index (Phi) is 5.85. The molecule has 8 nitrogen and oxygen atoms in total. The van der Waals surface area contributed by atoms with Gasteiger partial charge in [0.1, 0.15) is 10.7 Å². The highest BCUT2D eigenvalue weighted by molar-refractivity contribution is 7.89. The molecule has 0 bridgehead atoms. The summed E-state index contributed by atoms with van der Waals surface area (Å²) in [6.45, 7) is 2.45. The Balaban J connectivity index is 1.82. The zero-order valence-electron chi connectivity index (χ0n) is 15.7. The number of para-hydroxylation sites is 1. The third-order valence-corrected chi connectivity index (χ3v) is 6.61. The minimum absolute atomic E-state index is 0.00126. The molecule has 3 rings (SSSR count). The summed E-state index contributed by atoms with van der Waals surface area (Å²) in [5.41, 5.74) is 1.01. The van der Waals surface area contributed by atoms with E-state index in [2.05, 4.69) is 10.1 Å². The van der Waals surface area contributed by atoms with Crippen molar-refractivity contribution in [3.05, 3.63) is 47.4 Å². The predicted octanol–water partition coefficient (Wildman–Crippen LogP) is 2.34. The van der Waals surface area contributed by atoms with Crippen LogP contribution in [0.25, 0.3) is 0 Å². The zero-order valence-corrected chi connectivity index (χ0v) is 16.5. The number of methoxy groups -OCH3 is 1. The lowest BCUT2D eigenvalue weighted by Gasteiger charge is -2.14. The summed E-state index contributed by atoms with van der Waals surface area (Å²) in [5, 5.41) is 2.67. The zero-order chi connectivity index (χ0) is 20.3. The summed E-state index contributed by atoms with van der Waals surface area (Å²) >= 11 is 0. The van der Waals surface area contributed by atoms with Gasteiger partial charge in [-0.05, 0) is 31.4 Å². The number of rotatable bonds is 6. The van der Waals surface area contributed by atoms with E-state index < -0.39 is 21.9 Å². The second-order valence-electron chi connectivity index (χ2n) is 6.51. The number of aryl methyl sites for hydroxylation is 1. The Bertz CT molecular complexity index is 990. The highest BCUT2D eigenvalue weighted by atomic mass is 32.2. The number of hydrogen-bond acceptors (Lipinski definition) is 6. The van der Waals surface area contributed by atoms with E-state index in [1.807, 2.05) is 0 Å². The number of benzene rings is 1. The highest BCUT2D eigenvalue weighted by Gasteiger charge is 2.31. The van der Waals surface area contributed by atoms with Crippen LogP contribution in [-0.2, 0) is 26.0 Å². The maximum atomic E-state index is 12.7. The van der Waals surface area contributed by atoms with E-state index in [1.165, 1.54) is 24.4 Å². The lowest BCUT2D eigenvalue weighted by Crippen LogP contribution is -2.28. The number of carbonyl (C=O) groups excluding carboxylic acids is 2. The average Bonchev–Trinajstić information content (AvgIpc) is 3.33. The van der Waals surface area contributed by atoms with E-state index in [4.69, 9.17) is 4.42 Å². The van der Waals surface area contributed by atoms with Gasteiger partial charge >= 0.3 is 5.97 Å². The molecule has 1 saturated heterocycles. The molecule has 1 amide bonds. The van der Waals surface area contributed by atoms with Crippen LogP contribution in [0.15, 0.2) is 39.6 Å². The van der Waals surface area contributed by atoms with Crippen molar-refractivity contribution in [2.45, 2.75) is 31.1 Å². The van der Waals surface area contributed by atoms with Crippen molar-refractivity contribution in [2.75, 3.05) is 25.5 Å². The lowest BCUT2D eigenvalue weighted by molar-refractivity contribution is -0.139. The number of nitrogens with one attached hydrogen (secondary N) is 1. The average molecular weight is 406 g/mol. The standard InChI is InChI=1S/C19H22N2O6S/c1-13-17(28(24,25)21-9-5-6-10-21)12-16(27-13)19(23)20-15-8-4-3-7-14(15)11-18(22)26-2/h3-4,7-8,12H,5-6,9-11H2,1-2H3,(H,20,23). The van der Waals surface area contributed by atoms with Gasteiger partial charge in [-0.2, -0.15) is 4.31 Å². The van der Waals surface area contributed by atoms with Crippen LogP contribution >= 0.6 is 0 Å². The second kappa shape index (κ2) is 8.15. The van der Waals surface area contributed by atoms with Gasteiger partial charge in [0.25, 0.3) is 5.91 Å². The van der Waals surface area contributed by atoms with Gasteiger partial charge in [-0.1, -0.05) is 18.2 Å². The molecule has 150 valence electrons. The van der Waals surface area contributed by atoms with Crippen molar-refractivity contribution in [3.8, 4) is 0 Å². The second-order valence-corrected chi connectivity index (χ2v) is 8.41. The number of ether oxygens (including phenoxy) is 1. The van der Waals surface area contributed by atoms with Gasteiger partial charge in [0.05, 0.1) is 13.5 Å². The number of hydrogen-bond donors (Lipinski definition) is 1. The van der Waals surface area contributed by atoms with Gasteiger partial charge in [0.15, 0.2) is 5.76 Å². The molecule has 1 aliphatic rings. The van der Waals surface area contributed by atoms with Crippen molar-refractivity contribution >= 4 is 27.6 Å². The molecular formula is C19H22N2O6S. The van der Waals surface area contributed by atoms with Crippen molar-refractivity contribution in [1.29, 1.82) is 0 Å². The van der Waals surface area contributed by atoms with Crippen LogP contribution in [-0.4, -0.2) is 44.8 Å². The molecule has 0 saturated carbocycles. The molecule has 0 atom stereocenters. The first kappa shape index (κ1) is 20.1. The van der Waals surface area contributed by atoms with Crippen molar-refractivity contribution in [2.24, 2.45) is 0 Å². The van der Waals surface area contributed by atoms with Gasteiger partial charge in [-0.15, -0.1) is 0 Å². The minimum atomic E-state index is -3.68. The topological polar surface area (TPSA) is 106 Å². The first-order valence-corrected chi connectivity index (χ1v) is 10.3. The van der Waals surface area contributed by atoms with Gasteiger partial charge in [0, 0.05) is 24.8 Å². The number of anilines is 1. The van der Waals surface area contributed by atoms with Crippen LogP contribution in [0.3, 0.4) is 0 Å². The van der Waals surface area contributed by atoms with Gasteiger partial charge in [-0.25, -0.2) is 8.42 Å². The Labute approximate surface area is 163 Å². The predicted molar refractivity (Wildman–Crippen MR) is 102 cm³/mol. The molecule has 28 heavy (non-hydrogen) atoms. The third kappa shape index (κ3) is 4.10. The summed E-state index contributed by atoms with van der Waals surface area (Å²) in [4.78, 5) is 24.2. The van der Waals surface area contributed by atoms with Crippen LogP contribution in [0.5, 0.6) is 0 Å². The monoisotopic (exact) mass is 406 g/mol. The largest absolute Gasteiger partial charge is 0.469 e. The molecule has 1 aromatic carbocycles. The van der Waals surface area contributed by atoms with Crippen molar-refractivity contribution in [1.82, 2.24) is 4.31 Å². The molecular weight excluding hydrogens is 384 g/mol. The Morgan fingerprint density at radius 1 is 1.21 bits per heavy atom. The Hall–Kier alpha value is -2.65. The minimum Gasteiger partial charge on any atom is -0.469 e. The smallest absolute Gasteiger partial charge is 0.310 e. The number of carbonyl (C=O) groups is 2. The summed E-state index contributed by atoms with van der Waals surface area (Å²) < 4.78 is 37.0. The highest BCUT2D eigenvalue weighted by Crippen LogP contribution is 2.27. The number of amides is 1. The maximum Gasteiger partial charge on any atom is 0.310 e. The quantitative estimate of drug-likeness (QED) is 0.738. The summed E-state index contributed by atoms with van der Waals surface area (Å²) in [5.74, 6) is -0.971. The molecule has 1 aliphatic heterocycles. The summed E-state index contributed by atoms with van der Waals surface area (Å²) in [6, 6.07) is 8.05. The summed E-state index contributed by atoms with van der Waals surface area (Å²) in [6.07, 6.45) is 1.64. The third-order valence-electron chi connectivity index (χ3n) is 4.61. The molecule has 9 heteroatoms. The van der Waals surface area contributed by atoms with E-state index in [-0.39, 0.29) is 22.8 Å². The Morgan fingerprint density at radius 3 is 2.57 bits per heavy atom. The van der Waals surface area contributed by atoms with Crippen LogP contribution < -0.4 is 5.32 Å². The molecule has 0 aliphatic carbocycles. The molecule has 2 heterocycles. The Morgan fingerprint density at radius 2 is 1.89 bits per heavy atom. The lowest BCUT2D eigenvalue weighted by atomic mass is 10.1. The van der Waals surface area contributed by atoms with E-state index in [1.54, 1.807) is 24.3 Å². The van der Waals surface area contributed by atoms with E-state index in [9.17, 15) is 18.0 Å². The fourth-order valence-corrected chi connectivity index (χ4v) is 4.79. The van der Waals surface area contributed by atoms with Gasteiger partial charge < -0.3 is 14.5 Å². The molecule has 0 radical (unpaired) electrons. The fourth-order valence-electron chi connectivity index (χ4n) is 3.11. The molecule has 0 spiro atoms. The number of sulfonamides is 1. The fraction of sp³-hybridized carbons (Fsp3) is 0.368. The first-order valence-electron chi connectivity index (χ1n) is 8.89. The molecule has 1 N–H and O–H groups in total. The summed E-state index contributed by atoms with van der Waals surface area (Å²) in [7, 11) is -2.39. The van der Waals surface area contributed by atoms with Crippen LogP contribution in [0.1, 0.15) is 34.7 Å². The molecule has 1 fully saturated rings. The molecule has 0 unspecified atom stereocenters. The van der Waals surface area contributed by atoms with Crippen molar-refractivity contribution < 1.29 is 27.2 Å². The number of furan rings is 1. The van der Waals surface area contributed by atoms with Gasteiger partial charge in [0.2, 0.25) is 10.0 Å². The van der Waals surface area contributed by atoms with Gasteiger partial charge in [-0.3, -0.25) is 9.59 Å². The SMILES string of the molecule is COC(=O)Cc1ccccc1NC(=O)c1cc(S(=O)(=O)N2CCCC2)c(C)o1. The van der Waals surface area contributed by atoms with Crippen LogP contribution in [0, 0.1) is 6.92 Å². The van der Waals surface area contributed by atoms with E-state index in [0.29, 0.717) is 24.3 Å². The van der Waals surface area contributed by atoms with Crippen LogP contribution in [0.2, 0.25) is 0 Å². The van der Waals surface area contributed by atoms with Crippen molar-refractivity contribution in [3.63, 3.8) is 0 Å². The van der Waals surface area contributed by atoms with Crippen LogP contribution in [0.4, 0.5) is 5.69 Å². The normalized spacial score (nSPS) is 14.8. The number of nitrogens with zero attached hydrogens (tertiary/aromatic N) is 1. The molecule has 2 aromatic rings. The maximum absolute atomic E-state index is 12.7. The van der Waals surface area contributed by atoms with E-state index in [0.717, 1.165) is 12.8 Å². The number of esters is 1. The molecule has 1 aromatic heterocycles. The van der Waals surface area contributed by atoms with E-state index >= 15 is 0 Å².